The second kappa shape index (κ2) is 17.7. The van der Waals surface area contributed by atoms with Crippen molar-refractivity contribution in [2.75, 3.05) is 13.1 Å². The molecule has 2 aromatic rings. The summed E-state index contributed by atoms with van der Waals surface area (Å²) in [5.41, 5.74) is 14.3. The fraction of sp³-hybridized carbons (Fsp3) is 0.529. The van der Waals surface area contributed by atoms with Crippen molar-refractivity contribution in [3.8, 4) is 35.4 Å². The number of fused-ring (bicyclic) bond motifs is 8. The average molecular weight is 826 g/mol. The standard InChI is InChI=1S/C51H60N4O6/c1-3-4-5-8-37(48(59)38-12-9-31(2)25-45(38)58)44(57)16-10-32-11-18-46-47(26-32)61-50-41(51(22-24-60-46)20-6-7-21-51)15-17-43(56)35-13-14-36-34(19-23-53-49(36)52)39(35)27-33-28-54-42-30-55(50)29-40(33)42/h9,11-14,18,26,28,30-31,37-38,41,43,45,48-50,53,56,58-59H,3-8,10,16,19-21,23,25,27,29,52H2,1-2H3/p+1. The molecule has 1 saturated carbocycles. The molecule has 7 aliphatic rings. The number of Topliss-reactive ketones (excluding diaryl/α,β-unsaturated/α-hetero) is 1. The summed E-state index contributed by atoms with van der Waals surface area (Å²) >= 11 is 0. The summed E-state index contributed by atoms with van der Waals surface area (Å²) in [6.07, 6.45) is 17.7. The Morgan fingerprint density at radius 1 is 1.08 bits per heavy atom. The minimum absolute atomic E-state index is 0.0108. The number of nitrogens with zero attached hydrogens (tertiary/aromatic N) is 1. The molecule has 1 spiro atoms. The number of nitrogens with one attached hydrogen (secondary N) is 2. The van der Waals surface area contributed by atoms with E-state index in [0.717, 1.165) is 96.3 Å². The highest BCUT2D eigenvalue weighted by molar-refractivity contribution is 5.87. The van der Waals surface area contributed by atoms with Gasteiger partial charge >= 0.3 is 0 Å². The number of carbonyl (C=O) groups is 1. The molecule has 0 aromatic heterocycles. The zero-order valence-electron chi connectivity index (χ0n) is 35.6. The molecule has 10 heteroatoms. The molecular weight excluding hydrogens is 765 g/mol. The SMILES string of the molecule is CCCCCC(C(=O)CCc1ccc2c(c1)OC1C(C#CC(O)c3ccc4c(c3CC3=C5C[NH+]1C=C5N=C3)CCNC4N)C1(C#CO2)CCCC1)C(O)C1C=CC(C)CC1O. The Morgan fingerprint density at radius 2 is 1.92 bits per heavy atom. The quantitative estimate of drug-likeness (QED) is 0.111. The number of ketones is 1. The molecule has 0 amide bonds. The molecule has 10 atom stereocenters. The molecule has 5 aliphatic heterocycles. The zero-order valence-corrected chi connectivity index (χ0v) is 35.6. The van der Waals surface area contributed by atoms with Gasteiger partial charge in [0.15, 0.2) is 11.5 Å². The number of quaternary nitrogens is 1. The first-order chi connectivity index (χ1) is 29.6. The molecule has 9 rings (SSSR count). The van der Waals surface area contributed by atoms with Crippen LogP contribution in [0, 0.1) is 53.0 Å². The lowest BCUT2D eigenvalue weighted by atomic mass is 9.73. The van der Waals surface area contributed by atoms with E-state index in [0.29, 0.717) is 43.7 Å². The van der Waals surface area contributed by atoms with Crippen LogP contribution in [0.3, 0.4) is 0 Å². The van der Waals surface area contributed by atoms with Gasteiger partial charge in [-0.2, -0.15) is 0 Å². The number of unbranched alkanes of at least 4 members (excludes halogenated alkanes) is 2. The number of hydrogen-bond donors (Lipinski definition) is 6. The Hall–Kier alpha value is -4.52. The molecule has 5 heterocycles. The van der Waals surface area contributed by atoms with Gasteiger partial charge in [0.25, 0.3) is 6.23 Å². The summed E-state index contributed by atoms with van der Waals surface area (Å²) in [5.74, 6) is 10.4. The van der Waals surface area contributed by atoms with Crippen molar-refractivity contribution >= 4 is 12.0 Å². The third kappa shape index (κ3) is 8.27. The highest BCUT2D eigenvalue weighted by Crippen LogP contribution is 2.47. The molecular formula is C51H61N4O6+. The van der Waals surface area contributed by atoms with Crippen molar-refractivity contribution < 1.29 is 34.5 Å². The number of aliphatic hydroxyl groups excluding tert-OH is 3. The van der Waals surface area contributed by atoms with Crippen molar-refractivity contribution in [3.63, 3.8) is 0 Å². The van der Waals surface area contributed by atoms with E-state index in [2.05, 4.69) is 49.2 Å². The molecule has 0 radical (unpaired) electrons. The molecule has 61 heavy (non-hydrogen) atoms. The molecule has 10 nitrogen and oxygen atoms in total. The van der Waals surface area contributed by atoms with E-state index in [1.54, 1.807) is 0 Å². The van der Waals surface area contributed by atoms with Gasteiger partial charge in [-0.25, -0.2) is 0 Å². The smallest absolute Gasteiger partial charge is 0.252 e. The lowest BCUT2D eigenvalue weighted by molar-refractivity contribution is -0.891. The van der Waals surface area contributed by atoms with Crippen LogP contribution in [0.5, 0.6) is 11.5 Å². The monoisotopic (exact) mass is 825 g/mol. The average Bonchev–Trinajstić information content (AvgIpc) is 4.00. The molecule has 2 aromatic carbocycles. The fourth-order valence-electron chi connectivity index (χ4n) is 11.1. The van der Waals surface area contributed by atoms with Crippen molar-refractivity contribution in [3.05, 3.63) is 93.3 Å². The Labute approximate surface area is 360 Å². The zero-order chi connectivity index (χ0) is 42.3. The first-order valence-electron chi connectivity index (χ1n) is 22.8. The maximum Gasteiger partial charge on any atom is 0.252 e. The van der Waals surface area contributed by atoms with Crippen LogP contribution in [0.25, 0.3) is 0 Å². The summed E-state index contributed by atoms with van der Waals surface area (Å²) in [5, 5.41) is 37.9. The van der Waals surface area contributed by atoms with Gasteiger partial charge in [0.05, 0.1) is 23.8 Å². The van der Waals surface area contributed by atoms with E-state index in [-0.39, 0.29) is 30.2 Å². The van der Waals surface area contributed by atoms with Gasteiger partial charge in [0.2, 0.25) is 0 Å². The number of ether oxygens (including phenoxy) is 2. The predicted octanol–water partition coefficient (Wildman–Crippen LogP) is 5.07. The van der Waals surface area contributed by atoms with Crippen LogP contribution in [0.4, 0.5) is 0 Å². The number of carbonyl (C=O) groups excluding carboxylic acids is 1. The summed E-state index contributed by atoms with van der Waals surface area (Å²) in [6.45, 7) is 5.62. The predicted molar refractivity (Wildman–Crippen MR) is 234 cm³/mol. The number of benzene rings is 2. The second-order valence-corrected chi connectivity index (χ2v) is 18.6. The minimum atomic E-state index is -1.03. The number of nitrogens with two attached hydrogens (primary N) is 1. The van der Waals surface area contributed by atoms with E-state index < -0.39 is 41.8 Å². The third-order valence-corrected chi connectivity index (χ3v) is 14.6. The largest absolute Gasteiger partial charge is 0.437 e. The summed E-state index contributed by atoms with van der Waals surface area (Å²) in [4.78, 5) is 20.1. The van der Waals surface area contributed by atoms with Gasteiger partial charge in [-0.05, 0) is 90.0 Å². The van der Waals surface area contributed by atoms with E-state index in [9.17, 15) is 20.1 Å². The van der Waals surface area contributed by atoms with Crippen LogP contribution in [-0.4, -0.2) is 58.8 Å². The van der Waals surface area contributed by atoms with Gasteiger partial charge in [-0.3, -0.25) is 20.0 Å². The van der Waals surface area contributed by atoms with Gasteiger partial charge in [0.1, 0.15) is 42.4 Å². The number of aliphatic hydroxyl groups is 3. The number of hydrogen-bond acceptors (Lipinski definition) is 9. The first kappa shape index (κ1) is 41.8. The van der Waals surface area contributed by atoms with Crippen molar-refractivity contribution in [2.45, 2.75) is 128 Å². The van der Waals surface area contributed by atoms with Crippen molar-refractivity contribution in [2.24, 2.45) is 39.8 Å². The van der Waals surface area contributed by atoms with Crippen molar-refractivity contribution in [1.82, 2.24) is 5.32 Å². The number of aryl methyl sites for hydroxylation is 1. The number of allylic oxidation sites excluding steroid dienone is 2. The molecule has 1 fully saturated rings. The van der Waals surface area contributed by atoms with Crippen molar-refractivity contribution in [1.29, 1.82) is 0 Å². The van der Waals surface area contributed by atoms with Crippen LogP contribution in [0.1, 0.15) is 118 Å². The van der Waals surface area contributed by atoms with E-state index in [4.69, 9.17) is 20.2 Å². The normalized spacial score (nSPS) is 30.1. The summed E-state index contributed by atoms with van der Waals surface area (Å²) in [6, 6.07) is 9.85. The van der Waals surface area contributed by atoms with Crippen LogP contribution in [0.2, 0.25) is 0 Å². The van der Waals surface area contributed by atoms with E-state index in [1.807, 2.05) is 48.7 Å². The topological polar surface area (TPSA) is 151 Å². The Balaban J connectivity index is 1.04. The number of rotatable bonds is 10. The van der Waals surface area contributed by atoms with Gasteiger partial charge in [-0.15, -0.1) is 0 Å². The maximum absolute atomic E-state index is 14.0. The molecule has 0 saturated heterocycles. The fourth-order valence-corrected chi connectivity index (χ4v) is 11.1. The maximum atomic E-state index is 14.0. The highest BCUT2D eigenvalue weighted by Gasteiger charge is 2.51. The van der Waals surface area contributed by atoms with Crippen LogP contribution < -0.4 is 25.4 Å². The summed E-state index contributed by atoms with van der Waals surface area (Å²) in [7, 11) is 0. The number of aliphatic imine (C=N–C) groups is 1. The Kier molecular flexibility index (Phi) is 12.1. The molecule has 10 unspecified atom stereocenters. The highest BCUT2D eigenvalue weighted by atomic mass is 16.5. The first-order valence-corrected chi connectivity index (χ1v) is 22.8. The molecule has 2 aliphatic carbocycles. The van der Waals surface area contributed by atoms with Gasteiger partial charge in [0, 0.05) is 43.0 Å². The second-order valence-electron chi connectivity index (χ2n) is 18.6. The Bertz CT molecular complexity index is 2280. The van der Waals surface area contributed by atoms with Gasteiger partial charge in [-0.1, -0.05) is 94.1 Å². The van der Waals surface area contributed by atoms with Crippen LogP contribution >= 0.6 is 0 Å². The van der Waals surface area contributed by atoms with Crippen LogP contribution in [0.15, 0.2) is 70.5 Å². The molecule has 320 valence electrons. The van der Waals surface area contributed by atoms with Crippen LogP contribution in [-0.2, 0) is 24.1 Å². The molecule has 2 bridgehead atoms. The lowest BCUT2D eigenvalue weighted by Gasteiger charge is -2.36. The Morgan fingerprint density at radius 3 is 2.74 bits per heavy atom. The molecule has 7 N–H and O–H groups in total. The van der Waals surface area contributed by atoms with Gasteiger partial charge < -0.3 is 30.5 Å². The van der Waals surface area contributed by atoms with E-state index >= 15 is 0 Å². The minimum Gasteiger partial charge on any atom is -0.437 e. The lowest BCUT2D eigenvalue weighted by Crippen LogP contribution is -3.12. The van der Waals surface area contributed by atoms with E-state index in [1.165, 1.54) is 11.1 Å². The third-order valence-electron chi connectivity index (χ3n) is 14.6. The summed E-state index contributed by atoms with van der Waals surface area (Å²) < 4.78 is 13.4.